The lowest BCUT2D eigenvalue weighted by Crippen LogP contribution is -2.58. The fourth-order valence-electron chi connectivity index (χ4n) is 4.64. The van der Waals surface area contributed by atoms with Crippen molar-refractivity contribution in [2.24, 2.45) is 22.2 Å². The second-order valence-electron chi connectivity index (χ2n) is 10.7. The van der Waals surface area contributed by atoms with Crippen LogP contribution in [0.15, 0.2) is 60.0 Å². The van der Waals surface area contributed by atoms with Crippen LogP contribution >= 0.6 is 0 Å². The first-order valence-corrected chi connectivity index (χ1v) is 14.5. The van der Waals surface area contributed by atoms with Crippen molar-refractivity contribution in [3.8, 4) is 0 Å². The molecule has 0 aliphatic carbocycles. The Labute approximate surface area is 264 Å². The van der Waals surface area contributed by atoms with Gasteiger partial charge >= 0.3 is 11.9 Å². The number of aliphatic imine (C=N–C) groups is 1. The number of nitrogens with two attached hydrogens (primary N) is 3. The summed E-state index contributed by atoms with van der Waals surface area (Å²) in [5, 5.41) is 28.0. The smallest absolute Gasteiger partial charge is 0.326 e. The lowest BCUT2D eigenvalue weighted by molar-refractivity contribution is -0.143. The number of carboxylic acids is 2. The average Bonchev–Trinajstić information content (AvgIpc) is 3.53. The maximum absolute atomic E-state index is 13.8. The van der Waals surface area contributed by atoms with Crippen molar-refractivity contribution in [2.75, 3.05) is 6.54 Å². The molecule has 16 heteroatoms. The van der Waals surface area contributed by atoms with Crippen molar-refractivity contribution in [3.05, 3.63) is 66.2 Å². The van der Waals surface area contributed by atoms with Gasteiger partial charge in [-0.15, -0.1) is 0 Å². The highest BCUT2D eigenvalue weighted by atomic mass is 16.4. The largest absolute Gasteiger partial charge is 0.481 e. The van der Waals surface area contributed by atoms with Gasteiger partial charge in [0.15, 0.2) is 5.96 Å². The van der Waals surface area contributed by atoms with Crippen LogP contribution in [0.3, 0.4) is 0 Å². The number of aliphatic carboxylic acids is 2. The summed E-state index contributed by atoms with van der Waals surface area (Å²) in [5.41, 5.74) is 17.9. The van der Waals surface area contributed by atoms with Gasteiger partial charge in [-0.3, -0.25) is 24.2 Å². The second kappa shape index (κ2) is 17.1. The molecule has 4 atom stereocenters. The number of imidazole rings is 1. The Hall–Kier alpha value is -5.51. The van der Waals surface area contributed by atoms with Crippen molar-refractivity contribution in [1.29, 1.82) is 0 Å². The first-order chi connectivity index (χ1) is 21.9. The maximum Gasteiger partial charge on any atom is 0.326 e. The van der Waals surface area contributed by atoms with Crippen LogP contribution in [0.5, 0.6) is 0 Å². The van der Waals surface area contributed by atoms with E-state index in [2.05, 4.69) is 30.9 Å². The van der Waals surface area contributed by atoms with Gasteiger partial charge in [-0.25, -0.2) is 9.78 Å². The van der Waals surface area contributed by atoms with Gasteiger partial charge in [-0.1, -0.05) is 42.5 Å². The predicted molar refractivity (Wildman–Crippen MR) is 168 cm³/mol. The lowest BCUT2D eigenvalue weighted by atomic mass is 10.00. The quantitative estimate of drug-likeness (QED) is 0.0469. The van der Waals surface area contributed by atoms with E-state index in [-0.39, 0.29) is 38.2 Å². The predicted octanol–water partition coefficient (Wildman–Crippen LogP) is -0.867. The molecule has 3 rings (SSSR count). The summed E-state index contributed by atoms with van der Waals surface area (Å²) in [6.45, 7) is 0.262. The van der Waals surface area contributed by atoms with E-state index < -0.39 is 60.2 Å². The zero-order chi connectivity index (χ0) is 33.6. The number of nitrogens with zero attached hydrogens (tertiary/aromatic N) is 2. The summed E-state index contributed by atoms with van der Waals surface area (Å²) in [6, 6.07) is 8.19. The topological polar surface area (TPSA) is 281 Å². The summed E-state index contributed by atoms with van der Waals surface area (Å²) in [6.07, 6.45) is 2.50. The molecule has 0 radical (unpaired) electrons. The van der Waals surface area contributed by atoms with Gasteiger partial charge in [0.2, 0.25) is 17.7 Å². The molecule has 3 aromatic rings. The molecule has 0 bridgehead atoms. The third kappa shape index (κ3) is 11.2. The number of fused-ring (bicyclic) bond motifs is 1. The zero-order valence-electron chi connectivity index (χ0n) is 25.0. The highest BCUT2D eigenvalue weighted by Gasteiger charge is 2.31. The van der Waals surface area contributed by atoms with Crippen LogP contribution in [-0.2, 0) is 36.8 Å². The number of rotatable bonds is 18. The number of benzene rings is 2. The fourth-order valence-corrected chi connectivity index (χ4v) is 4.64. The summed E-state index contributed by atoms with van der Waals surface area (Å²) >= 11 is 0. The molecule has 46 heavy (non-hydrogen) atoms. The number of carbonyl (C=O) groups excluding carboxylic acids is 3. The molecular formula is C30H39N9O7. The highest BCUT2D eigenvalue weighted by Crippen LogP contribution is 2.17. The first-order valence-electron chi connectivity index (χ1n) is 14.5. The number of amides is 3. The first kappa shape index (κ1) is 35.0. The molecule has 0 saturated heterocycles. The summed E-state index contributed by atoms with van der Waals surface area (Å²) < 4.78 is 0. The minimum Gasteiger partial charge on any atom is -0.481 e. The molecule has 1 heterocycles. The normalized spacial score (nSPS) is 13.5. The van der Waals surface area contributed by atoms with E-state index >= 15 is 0 Å². The Morgan fingerprint density at radius 1 is 0.848 bits per heavy atom. The number of carbonyl (C=O) groups is 5. The summed E-state index contributed by atoms with van der Waals surface area (Å²) in [7, 11) is 0. The number of aromatic amines is 1. The van der Waals surface area contributed by atoms with Gasteiger partial charge in [-0.05, 0) is 35.6 Å². The van der Waals surface area contributed by atoms with Crippen LogP contribution in [0.1, 0.15) is 36.9 Å². The number of carboxylic acid groups (broad SMARTS) is 2. The van der Waals surface area contributed by atoms with Crippen molar-refractivity contribution in [1.82, 2.24) is 25.9 Å². The Bertz CT molecular complexity index is 1540. The molecule has 12 N–H and O–H groups in total. The van der Waals surface area contributed by atoms with E-state index in [0.717, 1.165) is 16.3 Å². The van der Waals surface area contributed by atoms with Gasteiger partial charge in [0.1, 0.15) is 18.1 Å². The number of hydrogen-bond donors (Lipinski definition) is 9. The molecule has 3 amide bonds. The van der Waals surface area contributed by atoms with Crippen molar-refractivity contribution in [2.45, 2.75) is 62.7 Å². The average molecular weight is 638 g/mol. The number of H-pyrrole nitrogens is 1. The number of aromatic nitrogens is 2. The molecule has 0 saturated carbocycles. The van der Waals surface area contributed by atoms with E-state index in [0.29, 0.717) is 12.1 Å². The van der Waals surface area contributed by atoms with Crippen molar-refractivity contribution < 1.29 is 34.2 Å². The van der Waals surface area contributed by atoms with E-state index in [4.69, 9.17) is 22.3 Å². The molecule has 2 aromatic carbocycles. The molecule has 0 aliphatic heterocycles. The SMILES string of the molecule is NC(N)=NCCC[C@H](N)C(=O)N[C@@H](Cc1ccc2ccccc2c1)C(=O)N[C@H](Cc1cnc[nH]1)C(=O)N[C@H](CCC(=O)O)C(=O)O. The van der Waals surface area contributed by atoms with Gasteiger partial charge < -0.3 is 48.3 Å². The standard InChI is InChI=1S/C30H39N9O7/c31-21(6-3-11-35-30(32)33)26(42)38-23(13-17-7-8-18-4-1-2-5-19(18)12-17)27(43)39-24(14-20-15-34-16-36-20)28(44)37-22(29(45)46)9-10-25(40)41/h1-2,4-5,7-8,12,15-16,21-24H,3,6,9-11,13-14,31H2,(H,34,36)(H,37,44)(H,38,42)(H,39,43)(H,40,41)(H,45,46)(H4,32,33,35)/t21-,22+,23-,24+/m0/s1. The Kier molecular flexibility index (Phi) is 13.0. The lowest BCUT2D eigenvalue weighted by Gasteiger charge is -2.25. The molecule has 1 aromatic heterocycles. The highest BCUT2D eigenvalue weighted by molar-refractivity contribution is 5.94. The van der Waals surface area contributed by atoms with E-state index in [9.17, 15) is 29.1 Å². The van der Waals surface area contributed by atoms with Gasteiger partial charge in [-0.2, -0.15) is 0 Å². The molecule has 0 unspecified atom stereocenters. The minimum atomic E-state index is -1.52. The fraction of sp³-hybridized carbons (Fsp3) is 0.367. The minimum absolute atomic E-state index is 0.0396. The van der Waals surface area contributed by atoms with Crippen molar-refractivity contribution in [3.63, 3.8) is 0 Å². The van der Waals surface area contributed by atoms with E-state index in [1.807, 2.05) is 42.5 Å². The van der Waals surface area contributed by atoms with Crippen LogP contribution in [0, 0.1) is 0 Å². The van der Waals surface area contributed by atoms with Crippen molar-refractivity contribution >= 4 is 46.4 Å². The Balaban J connectivity index is 1.84. The van der Waals surface area contributed by atoms with Gasteiger partial charge in [0.05, 0.1) is 12.4 Å². The molecule has 16 nitrogen and oxygen atoms in total. The second-order valence-corrected chi connectivity index (χ2v) is 10.7. The molecule has 0 fully saturated rings. The van der Waals surface area contributed by atoms with E-state index in [1.54, 1.807) is 0 Å². The third-order valence-electron chi connectivity index (χ3n) is 7.06. The van der Waals surface area contributed by atoms with Crippen LogP contribution in [0.4, 0.5) is 0 Å². The number of hydrogen-bond acceptors (Lipinski definition) is 8. The molecule has 246 valence electrons. The molecular weight excluding hydrogens is 598 g/mol. The molecule has 0 spiro atoms. The van der Waals surface area contributed by atoms with Crippen LogP contribution in [0.25, 0.3) is 10.8 Å². The van der Waals surface area contributed by atoms with Gasteiger partial charge in [0.25, 0.3) is 0 Å². The Morgan fingerprint density at radius 2 is 1.50 bits per heavy atom. The number of guanidine groups is 1. The number of nitrogens with one attached hydrogen (secondary N) is 4. The molecule has 0 aliphatic rings. The zero-order valence-corrected chi connectivity index (χ0v) is 25.0. The Morgan fingerprint density at radius 3 is 2.13 bits per heavy atom. The van der Waals surface area contributed by atoms with E-state index in [1.165, 1.54) is 12.5 Å². The maximum atomic E-state index is 13.8. The monoisotopic (exact) mass is 637 g/mol. The van der Waals surface area contributed by atoms with Crippen LogP contribution in [-0.4, -0.2) is 86.5 Å². The van der Waals surface area contributed by atoms with Crippen LogP contribution < -0.4 is 33.2 Å². The third-order valence-corrected chi connectivity index (χ3v) is 7.06. The summed E-state index contributed by atoms with van der Waals surface area (Å²) in [4.78, 5) is 73.5. The summed E-state index contributed by atoms with van der Waals surface area (Å²) in [5.74, 6) is -4.96. The van der Waals surface area contributed by atoms with Gasteiger partial charge in [0, 0.05) is 37.7 Å². The van der Waals surface area contributed by atoms with Crippen LogP contribution in [0.2, 0.25) is 0 Å².